The zero-order valence-electron chi connectivity index (χ0n) is 20.2. The maximum Gasteiger partial charge on any atom is 0.335 e. The molecule has 0 saturated heterocycles. The molecule has 1 amide bonds. The van der Waals surface area contributed by atoms with Crippen molar-refractivity contribution in [3.63, 3.8) is 0 Å². The highest BCUT2D eigenvalue weighted by Crippen LogP contribution is 2.43. The van der Waals surface area contributed by atoms with E-state index in [2.05, 4.69) is 5.32 Å². The van der Waals surface area contributed by atoms with Gasteiger partial charge >= 0.3 is 5.97 Å². The zero-order chi connectivity index (χ0) is 25.4. The number of carboxylic acids is 1. The Hall–Kier alpha value is -4.20. The summed E-state index contributed by atoms with van der Waals surface area (Å²) in [5.41, 5.74) is 1.67. The third-order valence-corrected chi connectivity index (χ3v) is 6.79. The average molecular weight is 490 g/mol. The predicted molar refractivity (Wildman–Crippen MR) is 131 cm³/mol. The number of benzene rings is 3. The van der Waals surface area contributed by atoms with Crippen LogP contribution in [-0.2, 0) is 10.2 Å². The molecule has 0 spiro atoms. The molecule has 0 unspecified atom stereocenters. The van der Waals surface area contributed by atoms with Crippen LogP contribution in [0.3, 0.4) is 0 Å². The van der Waals surface area contributed by atoms with Gasteiger partial charge in [-0.15, -0.1) is 0 Å². The fourth-order valence-corrected chi connectivity index (χ4v) is 4.54. The van der Waals surface area contributed by atoms with Gasteiger partial charge < -0.3 is 29.4 Å². The maximum atomic E-state index is 13.6. The van der Waals surface area contributed by atoms with Crippen LogP contribution >= 0.6 is 0 Å². The van der Waals surface area contributed by atoms with Crippen LogP contribution in [0, 0.1) is 0 Å². The van der Waals surface area contributed by atoms with Crippen LogP contribution < -0.4 is 24.3 Å². The third kappa shape index (κ3) is 4.30. The summed E-state index contributed by atoms with van der Waals surface area (Å²) in [6.45, 7) is 3.89. The quantitative estimate of drug-likeness (QED) is 0.514. The Morgan fingerprint density at radius 2 is 1.81 bits per heavy atom. The number of aromatic carboxylic acids is 1. The number of carbonyl (C=O) groups excluding carboxylic acids is 1. The van der Waals surface area contributed by atoms with E-state index in [1.165, 1.54) is 0 Å². The molecule has 3 aromatic rings. The van der Waals surface area contributed by atoms with E-state index in [4.69, 9.17) is 18.9 Å². The van der Waals surface area contributed by atoms with Crippen LogP contribution in [0.15, 0.2) is 60.7 Å². The van der Waals surface area contributed by atoms with Gasteiger partial charge in [-0.1, -0.05) is 18.2 Å². The van der Waals surface area contributed by atoms with Crippen LogP contribution in [0.4, 0.5) is 0 Å². The van der Waals surface area contributed by atoms with E-state index in [0.717, 1.165) is 16.7 Å². The van der Waals surface area contributed by atoms with E-state index in [0.29, 0.717) is 29.4 Å². The molecule has 2 N–H and O–H groups in total. The standard InChI is InChI=1S/C28H27NO7/c1-28(2,18-7-10-22-25(12-18)35-15-34-22)27(32)29-21-14-23(16-5-4-6-17(11-16)26(30)31)36-24-13-19(33-3)8-9-20(21)24/h4-13,21,23H,14-15H2,1-3H3,(H,29,32)(H,30,31)/t21-,23-/m1/s1. The van der Waals surface area contributed by atoms with Crippen molar-refractivity contribution in [2.45, 2.75) is 37.8 Å². The second kappa shape index (κ2) is 9.11. The lowest BCUT2D eigenvalue weighted by atomic mass is 9.82. The Bertz CT molecular complexity index is 1330. The molecule has 2 aliphatic heterocycles. The molecule has 36 heavy (non-hydrogen) atoms. The first-order valence-corrected chi connectivity index (χ1v) is 11.6. The zero-order valence-corrected chi connectivity index (χ0v) is 20.2. The van der Waals surface area contributed by atoms with Crippen LogP contribution in [0.1, 0.15) is 59.5 Å². The molecule has 0 radical (unpaired) electrons. The van der Waals surface area contributed by atoms with Gasteiger partial charge in [0.25, 0.3) is 0 Å². The molecule has 2 aliphatic rings. The lowest BCUT2D eigenvalue weighted by molar-refractivity contribution is -0.126. The highest BCUT2D eigenvalue weighted by atomic mass is 16.7. The summed E-state index contributed by atoms with van der Waals surface area (Å²) >= 11 is 0. The number of rotatable bonds is 6. The monoisotopic (exact) mass is 489 g/mol. The van der Waals surface area contributed by atoms with Crippen molar-refractivity contribution in [1.82, 2.24) is 5.32 Å². The van der Waals surface area contributed by atoms with Crippen LogP contribution in [0.25, 0.3) is 0 Å². The number of hydrogen-bond donors (Lipinski definition) is 2. The van der Waals surface area contributed by atoms with Crippen molar-refractivity contribution < 1.29 is 33.6 Å². The normalized spacial score (nSPS) is 18.1. The van der Waals surface area contributed by atoms with Gasteiger partial charge in [0.2, 0.25) is 12.7 Å². The van der Waals surface area contributed by atoms with Gasteiger partial charge in [0.05, 0.1) is 24.1 Å². The van der Waals surface area contributed by atoms with Gasteiger partial charge in [-0.3, -0.25) is 4.79 Å². The first kappa shape index (κ1) is 23.5. The fraction of sp³-hybridized carbons (Fsp3) is 0.286. The summed E-state index contributed by atoms with van der Waals surface area (Å²) in [5.74, 6) is 1.32. The molecule has 186 valence electrons. The number of carboxylic acid groups (broad SMARTS) is 1. The van der Waals surface area contributed by atoms with Gasteiger partial charge in [-0.2, -0.15) is 0 Å². The van der Waals surface area contributed by atoms with E-state index >= 15 is 0 Å². The molecular formula is C28H27NO7. The lowest BCUT2D eigenvalue weighted by Gasteiger charge is -2.35. The summed E-state index contributed by atoms with van der Waals surface area (Å²) in [6.07, 6.45) is -0.0198. The number of carbonyl (C=O) groups is 2. The topological polar surface area (TPSA) is 103 Å². The van der Waals surface area contributed by atoms with Crippen molar-refractivity contribution in [2.75, 3.05) is 13.9 Å². The number of ether oxygens (including phenoxy) is 4. The first-order chi connectivity index (χ1) is 17.3. The van der Waals surface area contributed by atoms with Crippen LogP contribution in [-0.4, -0.2) is 30.9 Å². The summed E-state index contributed by atoms with van der Waals surface area (Å²) in [6, 6.07) is 17.3. The Labute approximate surface area is 208 Å². The summed E-state index contributed by atoms with van der Waals surface area (Å²) < 4.78 is 22.5. The molecular weight excluding hydrogens is 462 g/mol. The Morgan fingerprint density at radius 3 is 2.58 bits per heavy atom. The van der Waals surface area contributed by atoms with E-state index in [1.807, 2.05) is 50.2 Å². The largest absolute Gasteiger partial charge is 0.497 e. The second-order valence-corrected chi connectivity index (χ2v) is 9.40. The minimum atomic E-state index is -1.01. The third-order valence-electron chi connectivity index (χ3n) is 6.79. The molecule has 0 aliphatic carbocycles. The number of methoxy groups -OCH3 is 1. The van der Waals surface area contributed by atoms with Crippen molar-refractivity contribution in [1.29, 1.82) is 0 Å². The average Bonchev–Trinajstić information content (AvgIpc) is 3.36. The van der Waals surface area contributed by atoms with Gasteiger partial charge in [0.15, 0.2) is 11.5 Å². The minimum Gasteiger partial charge on any atom is -0.497 e. The van der Waals surface area contributed by atoms with Gasteiger partial charge in [-0.25, -0.2) is 4.79 Å². The molecule has 2 heterocycles. The van der Waals surface area contributed by atoms with Crippen LogP contribution in [0.2, 0.25) is 0 Å². The molecule has 0 aromatic heterocycles. The van der Waals surface area contributed by atoms with Crippen molar-refractivity contribution in [2.24, 2.45) is 0 Å². The van der Waals surface area contributed by atoms with E-state index < -0.39 is 17.5 Å². The van der Waals surface area contributed by atoms with E-state index in [9.17, 15) is 14.7 Å². The van der Waals surface area contributed by atoms with Crippen molar-refractivity contribution in [3.8, 4) is 23.0 Å². The maximum absolute atomic E-state index is 13.6. The van der Waals surface area contributed by atoms with Gasteiger partial charge in [0.1, 0.15) is 17.6 Å². The Kier molecular flexibility index (Phi) is 5.96. The Morgan fingerprint density at radius 1 is 1.00 bits per heavy atom. The van der Waals surface area contributed by atoms with E-state index in [-0.39, 0.29) is 24.3 Å². The number of hydrogen-bond acceptors (Lipinski definition) is 6. The van der Waals surface area contributed by atoms with Gasteiger partial charge in [-0.05, 0) is 61.4 Å². The number of nitrogens with one attached hydrogen (secondary N) is 1. The predicted octanol–water partition coefficient (Wildman–Crippen LogP) is 4.78. The van der Waals surface area contributed by atoms with Gasteiger partial charge in [0, 0.05) is 18.1 Å². The molecule has 5 rings (SSSR count). The van der Waals surface area contributed by atoms with Crippen molar-refractivity contribution >= 4 is 11.9 Å². The Balaban J connectivity index is 1.45. The minimum absolute atomic E-state index is 0.159. The first-order valence-electron chi connectivity index (χ1n) is 11.6. The van der Waals surface area contributed by atoms with E-state index in [1.54, 1.807) is 31.4 Å². The SMILES string of the molecule is COc1ccc2c(c1)O[C@@H](c1cccc(C(=O)O)c1)C[C@H]2NC(=O)C(C)(C)c1ccc2c(c1)OCO2. The molecule has 0 fully saturated rings. The highest BCUT2D eigenvalue weighted by Gasteiger charge is 2.36. The highest BCUT2D eigenvalue weighted by molar-refractivity contribution is 5.88. The second-order valence-electron chi connectivity index (χ2n) is 9.40. The molecule has 8 nitrogen and oxygen atoms in total. The molecule has 2 atom stereocenters. The molecule has 3 aromatic carbocycles. The summed E-state index contributed by atoms with van der Waals surface area (Å²) in [5, 5.41) is 12.6. The smallest absolute Gasteiger partial charge is 0.335 e. The number of amides is 1. The van der Waals surface area contributed by atoms with Crippen molar-refractivity contribution in [3.05, 3.63) is 82.9 Å². The molecule has 0 saturated carbocycles. The summed E-state index contributed by atoms with van der Waals surface area (Å²) in [4.78, 5) is 25.1. The molecule has 0 bridgehead atoms. The fourth-order valence-electron chi connectivity index (χ4n) is 4.54. The summed E-state index contributed by atoms with van der Waals surface area (Å²) in [7, 11) is 1.57. The number of fused-ring (bicyclic) bond motifs is 2. The lowest BCUT2D eigenvalue weighted by Crippen LogP contribution is -2.43. The molecule has 8 heteroatoms. The van der Waals surface area contributed by atoms with Crippen LogP contribution in [0.5, 0.6) is 23.0 Å².